The highest BCUT2D eigenvalue weighted by atomic mass is 32.1. The van der Waals surface area contributed by atoms with E-state index in [0.717, 1.165) is 11.7 Å². The molecule has 0 aliphatic rings. The average molecular weight is 253 g/mol. The fourth-order valence-electron chi connectivity index (χ4n) is 1.26. The summed E-state index contributed by atoms with van der Waals surface area (Å²) in [4.78, 5) is 4.21. The molecular formula is C12H19N3OS. The van der Waals surface area contributed by atoms with Crippen LogP contribution < -0.4 is 10.1 Å². The van der Waals surface area contributed by atoms with Crippen LogP contribution in [0.4, 0.5) is 5.13 Å². The molecule has 1 rings (SSSR count). The quantitative estimate of drug-likeness (QED) is 0.571. The van der Waals surface area contributed by atoms with Gasteiger partial charge in [0.25, 0.3) is 0 Å². The van der Waals surface area contributed by atoms with Gasteiger partial charge in [-0.2, -0.15) is 4.98 Å². The Morgan fingerprint density at radius 2 is 2.24 bits per heavy atom. The summed E-state index contributed by atoms with van der Waals surface area (Å²) in [7, 11) is 0. The normalized spacial score (nSPS) is 9.53. The Balaban J connectivity index is 2.18. The second-order valence-electron chi connectivity index (χ2n) is 3.58. The minimum Gasteiger partial charge on any atom is -0.450 e. The third-order valence-electron chi connectivity index (χ3n) is 2.16. The van der Waals surface area contributed by atoms with E-state index in [0.29, 0.717) is 12.6 Å². The molecule has 0 aliphatic heterocycles. The number of unbranched alkanes of at least 4 members (excludes halogenated alkanes) is 3. The molecule has 0 bridgehead atoms. The van der Waals surface area contributed by atoms with Gasteiger partial charge in [-0.25, -0.2) is 0 Å². The molecule has 0 aliphatic carbocycles. The van der Waals surface area contributed by atoms with Crippen molar-refractivity contribution in [1.29, 1.82) is 0 Å². The van der Waals surface area contributed by atoms with Crippen LogP contribution in [-0.4, -0.2) is 22.5 Å². The first-order valence-corrected chi connectivity index (χ1v) is 6.74. The minimum absolute atomic E-state index is 0.350. The molecule has 1 N–H and O–H groups in total. The average Bonchev–Trinajstić information content (AvgIpc) is 2.77. The zero-order valence-corrected chi connectivity index (χ0v) is 11.3. The van der Waals surface area contributed by atoms with Crippen LogP contribution in [0, 0.1) is 11.8 Å². The number of nitrogens with zero attached hydrogens (tertiary/aromatic N) is 2. The SMILES string of the molecule is CC#CCOc1nsc(NCCCCCC)n1. The lowest BCUT2D eigenvalue weighted by Gasteiger charge is -2.00. The summed E-state index contributed by atoms with van der Waals surface area (Å²) >= 11 is 1.33. The second kappa shape index (κ2) is 8.82. The van der Waals surface area contributed by atoms with Crippen LogP contribution in [0.1, 0.15) is 39.5 Å². The molecule has 94 valence electrons. The summed E-state index contributed by atoms with van der Waals surface area (Å²) in [6.07, 6.45) is 4.99. The third kappa shape index (κ3) is 6.12. The fraction of sp³-hybridized carbons (Fsp3) is 0.667. The molecule has 0 atom stereocenters. The van der Waals surface area contributed by atoms with Crippen molar-refractivity contribution in [3.63, 3.8) is 0 Å². The number of hydrogen-bond donors (Lipinski definition) is 1. The van der Waals surface area contributed by atoms with Gasteiger partial charge >= 0.3 is 6.01 Å². The second-order valence-corrected chi connectivity index (χ2v) is 4.34. The molecule has 17 heavy (non-hydrogen) atoms. The van der Waals surface area contributed by atoms with Gasteiger partial charge in [0.1, 0.15) is 0 Å². The summed E-state index contributed by atoms with van der Waals surface area (Å²) in [5, 5.41) is 4.06. The van der Waals surface area contributed by atoms with E-state index in [1.165, 1.54) is 37.2 Å². The van der Waals surface area contributed by atoms with E-state index in [1.54, 1.807) is 6.92 Å². The lowest BCUT2D eigenvalue weighted by Crippen LogP contribution is -2.01. The lowest BCUT2D eigenvalue weighted by atomic mass is 10.2. The van der Waals surface area contributed by atoms with Crippen molar-refractivity contribution >= 4 is 16.7 Å². The van der Waals surface area contributed by atoms with Crippen molar-refractivity contribution in [3.05, 3.63) is 0 Å². The van der Waals surface area contributed by atoms with E-state index in [4.69, 9.17) is 4.74 Å². The van der Waals surface area contributed by atoms with Crippen LogP contribution in [0.5, 0.6) is 6.01 Å². The molecule has 1 aromatic rings. The van der Waals surface area contributed by atoms with Crippen molar-refractivity contribution in [2.75, 3.05) is 18.5 Å². The molecule has 0 aromatic carbocycles. The van der Waals surface area contributed by atoms with Crippen LogP contribution in [0.3, 0.4) is 0 Å². The summed E-state index contributed by atoms with van der Waals surface area (Å²) < 4.78 is 9.33. The van der Waals surface area contributed by atoms with Crippen molar-refractivity contribution in [2.45, 2.75) is 39.5 Å². The zero-order valence-electron chi connectivity index (χ0n) is 10.5. The van der Waals surface area contributed by atoms with Crippen LogP contribution in [-0.2, 0) is 0 Å². The van der Waals surface area contributed by atoms with E-state index in [-0.39, 0.29) is 0 Å². The highest BCUT2D eigenvalue weighted by molar-refractivity contribution is 7.09. The van der Waals surface area contributed by atoms with Gasteiger partial charge in [-0.3, -0.25) is 0 Å². The Morgan fingerprint density at radius 1 is 1.35 bits per heavy atom. The molecule has 1 aromatic heterocycles. The summed E-state index contributed by atoms with van der Waals surface area (Å²) in [6.45, 7) is 5.29. The molecule has 0 radical (unpaired) electrons. The molecular weight excluding hydrogens is 234 g/mol. The number of aromatic nitrogens is 2. The standard InChI is InChI=1S/C12H19N3OS/c1-3-5-7-8-9-13-12-14-11(15-17-12)16-10-6-4-2/h3,5,7-10H2,1-2H3,(H,13,14,15). The Bertz CT molecular complexity index is 367. The Hall–Kier alpha value is -1.28. The van der Waals surface area contributed by atoms with E-state index < -0.39 is 0 Å². The van der Waals surface area contributed by atoms with Gasteiger partial charge in [0, 0.05) is 18.1 Å². The summed E-state index contributed by atoms with van der Waals surface area (Å²) in [5.41, 5.74) is 0. The highest BCUT2D eigenvalue weighted by Gasteiger charge is 2.03. The Morgan fingerprint density at radius 3 is 3.00 bits per heavy atom. The fourth-order valence-corrected chi connectivity index (χ4v) is 1.80. The summed E-state index contributed by atoms with van der Waals surface area (Å²) in [6, 6.07) is 0.411. The molecule has 4 nitrogen and oxygen atoms in total. The molecule has 0 saturated carbocycles. The van der Waals surface area contributed by atoms with Gasteiger partial charge in [-0.05, 0) is 13.3 Å². The molecule has 0 fully saturated rings. The van der Waals surface area contributed by atoms with E-state index in [1.807, 2.05) is 0 Å². The van der Waals surface area contributed by atoms with Crippen molar-refractivity contribution < 1.29 is 4.74 Å². The van der Waals surface area contributed by atoms with Crippen LogP contribution >= 0.6 is 11.5 Å². The largest absolute Gasteiger partial charge is 0.450 e. The monoisotopic (exact) mass is 253 g/mol. The maximum absolute atomic E-state index is 5.25. The van der Waals surface area contributed by atoms with Crippen LogP contribution in [0.15, 0.2) is 0 Å². The summed E-state index contributed by atoms with van der Waals surface area (Å²) in [5.74, 6) is 5.56. The predicted octanol–water partition coefficient (Wildman–Crippen LogP) is 2.93. The maximum atomic E-state index is 5.25. The van der Waals surface area contributed by atoms with Crippen molar-refractivity contribution in [3.8, 4) is 17.9 Å². The first kappa shape index (κ1) is 13.8. The van der Waals surface area contributed by atoms with Gasteiger partial charge in [0.15, 0.2) is 6.61 Å². The number of rotatable bonds is 8. The Labute approximate surface area is 107 Å². The first-order valence-electron chi connectivity index (χ1n) is 5.96. The molecule has 1 heterocycles. The maximum Gasteiger partial charge on any atom is 0.331 e. The molecule has 0 unspecified atom stereocenters. The van der Waals surface area contributed by atoms with Crippen molar-refractivity contribution in [2.24, 2.45) is 0 Å². The topological polar surface area (TPSA) is 47.0 Å². The van der Waals surface area contributed by atoms with Gasteiger partial charge in [0.2, 0.25) is 5.13 Å². The molecule has 0 spiro atoms. The van der Waals surface area contributed by atoms with E-state index in [9.17, 15) is 0 Å². The van der Waals surface area contributed by atoms with Crippen LogP contribution in [0.25, 0.3) is 0 Å². The highest BCUT2D eigenvalue weighted by Crippen LogP contribution is 2.16. The zero-order chi connectivity index (χ0) is 12.3. The van der Waals surface area contributed by atoms with Crippen molar-refractivity contribution in [1.82, 2.24) is 9.36 Å². The predicted molar refractivity (Wildman–Crippen MR) is 71.5 cm³/mol. The van der Waals surface area contributed by atoms with E-state index >= 15 is 0 Å². The Kier molecular flexibility index (Phi) is 7.15. The molecule has 0 saturated heterocycles. The minimum atomic E-state index is 0.350. The molecule has 0 amide bonds. The van der Waals surface area contributed by atoms with Gasteiger partial charge in [-0.1, -0.05) is 32.1 Å². The smallest absolute Gasteiger partial charge is 0.331 e. The van der Waals surface area contributed by atoms with Crippen LogP contribution in [0.2, 0.25) is 0 Å². The van der Waals surface area contributed by atoms with E-state index in [2.05, 4.69) is 33.4 Å². The van der Waals surface area contributed by atoms with Gasteiger partial charge in [-0.15, -0.1) is 10.3 Å². The first-order chi connectivity index (χ1) is 8.36. The number of anilines is 1. The van der Waals surface area contributed by atoms with Gasteiger partial charge in [0.05, 0.1) is 0 Å². The number of ether oxygens (including phenoxy) is 1. The number of hydrogen-bond acceptors (Lipinski definition) is 5. The number of nitrogens with one attached hydrogen (secondary N) is 1. The third-order valence-corrected chi connectivity index (χ3v) is 2.82. The van der Waals surface area contributed by atoms with Gasteiger partial charge < -0.3 is 10.1 Å². The molecule has 5 heteroatoms. The lowest BCUT2D eigenvalue weighted by molar-refractivity contribution is 0.345.